The normalized spacial score (nSPS) is 12.3. The van der Waals surface area contributed by atoms with E-state index < -0.39 is 6.04 Å². The zero-order valence-corrected chi connectivity index (χ0v) is 16.9. The summed E-state index contributed by atoms with van der Waals surface area (Å²) in [5.74, 6) is -0.144. The van der Waals surface area contributed by atoms with Crippen molar-refractivity contribution < 1.29 is 4.79 Å². The summed E-state index contributed by atoms with van der Waals surface area (Å²) < 4.78 is 6.27. The van der Waals surface area contributed by atoms with Crippen LogP contribution in [-0.2, 0) is 17.9 Å². The topological polar surface area (TPSA) is 82.6 Å². The second kappa shape index (κ2) is 7.45. The molecule has 1 amide bonds. The minimum atomic E-state index is -0.423. The standard InChI is InChI=1S/C17H22BrN7O/c1-5-24-12(3)14(6-20-24)8-23-9-15(7-19-23)21-17(26)13(4)25-10-16(18)11(2)22-25/h6-7,9-10,13H,5,8H2,1-4H3,(H,21,26). The SMILES string of the molecule is CCn1ncc(Cn2cc(NC(=O)C(C)n3cc(Br)c(C)n3)cn2)c1C. The van der Waals surface area contributed by atoms with Crippen LogP contribution in [0.15, 0.2) is 29.3 Å². The summed E-state index contributed by atoms with van der Waals surface area (Å²) >= 11 is 3.41. The molecule has 1 unspecified atom stereocenters. The highest BCUT2D eigenvalue weighted by Gasteiger charge is 2.18. The number of nitrogens with one attached hydrogen (secondary N) is 1. The summed E-state index contributed by atoms with van der Waals surface area (Å²) in [7, 11) is 0. The minimum absolute atomic E-state index is 0.144. The van der Waals surface area contributed by atoms with E-state index in [9.17, 15) is 4.79 Å². The van der Waals surface area contributed by atoms with Crippen LogP contribution in [0.1, 0.15) is 36.8 Å². The quantitative estimate of drug-likeness (QED) is 0.665. The first-order chi connectivity index (χ1) is 12.4. The summed E-state index contributed by atoms with van der Waals surface area (Å²) in [6.07, 6.45) is 7.13. The van der Waals surface area contributed by atoms with Crippen molar-refractivity contribution in [1.29, 1.82) is 0 Å². The van der Waals surface area contributed by atoms with Gasteiger partial charge in [0.15, 0.2) is 0 Å². The summed E-state index contributed by atoms with van der Waals surface area (Å²) in [5, 5.41) is 15.9. The number of amides is 1. The van der Waals surface area contributed by atoms with Crippen molar-refractivity contribution in [3.8, 4) is 0 Å². The number of aryl methyl sites for hydroxylation is 2. The molecule has 0 saturated heterocycles. The van der Waals surface area contributed by atoms with Crippen LogP contribution < -0.4 is 5.32 Å². The van der Waals surface area contributed by atoms with Gasteiger partial charge < -0.3 is 5.32 Å². The van der Waals surface area contributed by atoms with Crippen molar-refractivity contribution in [3.05, 3.63) is 46.2 Å². The van der Waals surface area contributed by atoms with Crippen LogP contribution in [0.2, 0.25) is 0 Å². The molecule has 0 aliphatic heterocycles. The largest absolute Gasteiger partial charge is 0.322 e. The maximum atomic E-state index is 12.5. The molecule has 0 spiro atoms. The first-order valence-electron chi connectivity index (χ1n) is 8.45. The number of anilines is 1. The maximum absolute atomic E-state index is 12.5. The molecule has 9 heteroatoms. The lowest BCUT2D eigenvalue weighted by Crippen LogP contribution is -2.23. The first-order valence-corrected chi connectivity index (χ1v) is 9.24. The molecule has 138 valence electrons. The average Bonchev–Trinajstić information content (AvgIpc) is 3.29. The molecule has 0 aliphatic carbocycles. The van der Waals surface area contributed by atoms with Crippen LogP contribution in [0.4, 0.5) is 5.69 Å². The Balaban J connectivity index is 1.66. The van der Waals surface area contributed by atoms with E-state index in [4.69, 9.17) is 0 Å². The highest BCUT2D eigenvalue weighted by Crippen LogP contribution is 2.18. The molecule has 0 saturated carbocycles. The Morgan fingerprint density at radius 1 is 1.27 bits per heavy atom. The van der Waals surface area contributed by atoms with Crippen molar-refractivity contribution >= 4 is 27.5 Å². The van der Waals surface area contributed by atoms with Crippen LogP contribution in [0, 0.1) is 13.8 Å². The Morgan fingerprint density at radius 2 is 2.04 bits per heavy atom. The Bertz CT molecular complexity index is 904. The molecule has 3 heterocycles. The highest BCUT2D eigenvalue weighted by atomic mass is 79.9. The first kappa shape index (κ1) is 18.4. The fourth-order valence-corrected chi connectivity index (χ4v) is 2.96. The minimum Gasteiger partial charge on any atom is -0.322 e. The Morgan fingerprint density at radius 3 is 2.65 bits per heavy atom. The molecule has 3 aromatic rings. The molecular formula is C17H22BrN7O. The van der Waals surface area contributed by atoms with E-state index in [1.165, 1.54) is 0 Å². The van der Waals surface area contributed by atoms with Gasteiger partial charge in [0.1, 0.15) is 6.04 Å². The lowest BCUT2D eigenvalue weighted by molar-refractivity contribution is -0.119. The predicted octanol–water partition coefficient (Wildman–Crippen LogP) is 2.92. The summed E-state index contributed by atoms with van der Waals surface area (Å²) in [6.45, 7) is 9.25. The molecule has 26 heavy (non-hydrogen) atoms. The molecule has 0 fully saturated rings. The van der Waals surface area contributed by atoms with E-state index >= 15 is 0 Å². The van der Waals surface area contributed by atoms with Crippen molar-refractivity contribution in [3.63, 3.8) is 0 Å². The molecule has 3 aromatic heterocycles. The van der Waals surface area contributed by atoms with Gasteiger partial charge in [-0.15, -0.1) is 0 Å². The smallest absolute Gasteiger partial charge is 0.249 e. The van der Waals surface area contributed by atoms with Gasteiger partial charge in [-0.3, -0.25) is 18.8 Å². The molecule has 1 N–H and O–H groups in total. The lowest BCUT2D eigenvalue weighted by Gasteiger charge is -2.11. The molecular weight excluding hydrogens is 398 g/mol. The van der Waals surface area contributed by atoms with Gasteiger partial charge in [-0.05, 0) is 43.6 Å². The van der Waals surface area contributed by atoms with Crippen LogP contribution in [0.5, 0.6) is 0 Å². The Hall–Kier alpha value is -2.42. The van der Waals surface area contributed by atoms with E-state index in [0.29, 0.717) is 12.2 Å². The summed E-state index contributed by atoms with van der Waals surface area (Å²) in [4.78, 5) is 12.5. The van der Waals surface area contributed by atoms with E-state index in [1.54, 1.807) is 28.7 Å². The van der Waals surface area contributed by atoms with Crippen LogP contribution in [-0.4, -0.2) is 35.2 Å². The third-order valence-corrected chi connectivity index (χ3v) is 5.15. The molecule has 0 aromatic carbocycles. The molecule has 0 aliphatic rings. The van der Waals surface area contributed by atoms with Crippen LogP contribution >= 0.6 is 15.9 Å². The number of aromatic nitrogens is 6. The van der Waals surface area contributed by atoms with Crippen molar-refractivity contribution in [2.45, 2.75) is 46.8 Å². The van der Waals surface area contributed by atoms with E-state index in [1.807, 2.05) is 30.9 Å². The molecule has 8 nitrogen and oxygen atoms in total. The van der Waals surface area contributed by atoms with Gasteiger partial charge >= 0.3 is 0 Å². The zero-order chi connectivity index (χ0) is 18.8. The fraction of sp³-hybridized carbons (Fsp3) is 0.412. The fourth-order valence-electron chi connectivity index (χ4n) is 2.67. The summed E-state index contributed by atoms with van der Waals surface area (Å²) in [5.41, 5.74) is 3.74. The van der Waals surface area contributed by atoms with E-state index in [2.05, 4.69) is 43.5 Å². The van der Waals surface area contributed by atoms with Gasteiger partial charge in [-0.2, -0.15) is 15.3 Å². The van der Waals surface area contributed by atoms with E-state index in [0.717, 1.165) is 28.0 Å². The highest BCUT2D eigenvalue weighted by molar-refractivity contribution is 9.10. The molecule has 3 rings (SSSR count). The van der Waals surface area contributed by atoms with Crippen molar-refractivity contribution in [2.24, 2.45) is 0 Å². The van der Waals surface area contributed by atoms with Gasteiger partial charge in [0.2, 0.25) is 5.91 Å². The molecule has 0 radical (unpaired) electrons. The Labute approximate surface area is 160 Å². The maximum Gasteiger partial charge on any atom is 0.249 e. The van der Waals surface area contributed by atoms with Gasteiger partial charge in [0.05, 0.1) is 34.8 Å². The number of halogens is 1. The number of hydrogen-bond donors (Lipinski definition) is 1. The third-order valence-electron chi connectivity index (χ3n) is 4.37. The zero-order valence-electron chi connectivity index (χ0n) is 15.3. The lowest BCUT2D eigenvalue weighted by atomic mass is 10.2. The number of carbonyl (C=O) groups excluding carboxylic acids is 1. The summed E-state index contributed by atoms with van der Waals surface area (Å²) in [6, 6.07) is -0.423. The average molecular weight is 420 g/mol. The number of rotatable bonds is 6. The predicted molar refractivity (Wildman–Crippen MR) is 102 cm³/mol. The third kappa shape index (κ3) is 3.72. The second-order valence-corrected chi connectivity index (χ2v) is 7.06. The molecule has 0 bridgehead atoms. The molecule has 1 atom stereocenters. The monoisotopic (exact) mass is 419 g/mol. The van der Waals surface area contributed by atoms with Crippen LogP contribution in [0.3, 0.4) is 0 Å². The van der Waals surface area contributed by atoms with Crippen molar-refractivity contribution in [2.75, 3.05) is 5.32 Å². The van der Waals surface area contributed by atoms with Crippen molar-refractivity contribution in [1.82, 2.24) is 29.3 Å². The number of nitrogens with zero attached hydrogens (tertiary/aromatic N) is 6. The van der Waals surface area contributed by atoms with Gasteiger partial charge in [0.25, 0.3) is 0 Å². The number of carbonyl (C=O) groups is 1. The second-order valence-electron chi connectivity index (χ2n) is 6.21. The van der Waals surface area contributed by atoms with Gasteiger partial charge in [0, 0.05) is 30.2 Å². The number of hydrogen-bond acceptors (Lipinski definition) is 4. The van der Waals surface area contributed by atoms with Crippen LogP contribution in [0.25, 0.3) is 0 Å². The van der Waals surface area contributed by atoms with Gasteiger partial charge in [-0.25, -0.2) is 0 Å². The van der Waals surface area contributed by atoms with E-state index in [-0.39, 0.29) is 5.91 Å². The Kier molecular flexibility index (Phi) is 5.26. The van der Waals surface area contributed by atoms with Gasteiger partial charge in [-0.1, -0.05) is 0 Å².